The molecule has 0 N–H and O–H groups in total. The largest absolute Gasteiger partial charge is 0.487 e. The van der Waals surface area contributed by atoms with Gasteiger partial charge in [0.25, 0.3) is 0 Å². The number of Topliss-reactive ketones (excluding diaryl/α,β-unsaturated/α-hetero) is 1. The number of hydrogen-bond donors (Lipinski definition) is 0. The van der Waals surface area contributed by atoms with E-state index in [1.54, 1.807) is 6.07 Å². The quantitative estimate of drug-likeness (QED) is 0.393. The summed E-state index contributed by atoms with van der Waals surface area (Å²) < 4.78 is 19.6. The molecule has 3 rings (SSSR count). The minimum absolute atomic E-state index is 0.0736. The van der Waals surface area contributed by atoms with Gasteiger partial charge in [0.15, 0.2) is 5.78 Å². The Balaban J connectivity index is 1.41. The molecule has 156 valence electrons. The normalized spacial score (nSPS) is 16.6. The zero-order chi connectivity index (χ0) is 20.9. The molecule has 0 amide bonds. The van der Waals surface area contributed by atoms with Crippen LogP contribution in [0.3, 0.4) is 0 Å². The van der Waals surface area contributed by atoms with Crippen molar-refractivity contribution in [3.05, 3.63) is 64.4 Å². The summed E-state index contributed by atoms with van der Waals surface area (Å²) in [5.74, 6) is 0.442. The van der Waals surface area contributed by atoms with Crippen LogP contribution in [0, 0.1) is 5.82 Å². The second-order valence-electron chi connectivity index (χ2n) is 8.16. The number of hydrogen-bond acceptors (Lipinski definition) is 3. The summed E-state index contributed by atoms with van der Waals surface area (Å²) in [4.78, 5) is 14.2. The van der Waals surface area contributed by atoms with E-state index in [2.05, 4.69) is 11.8 Å². The minimum Gasteiger partial charge on any atom is -0.487 e. The average molecular weight is 418 g/mol. The molecule has 1 aliphatic heterocycles. The first-order valence-corrected chi connectivity index (χ1v) is 10.7. The standard InChI is InChI=1S/C24H29ClFNO2/c1-18(28)23-17-21(26)9-6-19(23)5-3-4-14-27-15-12-24(2,13-16-27)29-22-10-7-20(25)8-11-22/h6-11,17H,3-5,12-16H2,1-2H3. The van der Waals surface area contributed by atoms with Crippen LogP contribution < -0.4 is 4.74 Å². The Kier molecular flexibility index (Phi) is 7.31. The van der Waals surface area contributed by atoms with Crippen LogP contribution in [0.15, 0.2) is 42.5 Å². The Morgan fingerprint density at radius 1 is 1.14 bits per heavy atom. The van der Waals surface area contributed by atoms with Crippen molar-refractivity contribution in [2.24, 2.45) is 0 Å². The van der Waals surface area contributed by atoms with E-state index < -0.39 is 0 Å². The maximum absolute atomic E-state index is 13.4. The van der Waals surface area contributed by atoms with E-state index in [9.17, 15) is 9.18 Å². The number of carbonyl (C=O) groups is 1. The van der Waals surface area contributed by atoms with Crippen LogP contribution in [0.25, 0.3) is 0 Å². The van der Waals surface area contributed by atoms with Gasteiger partial charge in [0.05, 0.1) is 0 Å². The van der Waals surface area contributed by atoms with E-state index in [1.165, 1.54) is 19.1 Å². The lowest BCUT2D eigenvalue weighted by Gasteiger charge is -2.39. The third-order valence-electron chi connectivity index (χ3n) is 5.71. The van der Waals surface area contributed by atoms with E-state index in [4.69, 9.17) is 16.3 Å². The molecular weight excluding hydrogens is 389 g/mol. The lowest BCUT2D eigenvalue weighted by atomic mass is 9.93. The van der Waals surface area contributed by atoms with E-state index in [0.717, 1.165) is 63.1 Å². The maximum Gasteiger partial charge on any atom is 0.160 e. The number of likely N-dealkylation sites (tertiary alicyclic amines) is 1. The van der Waals surface area contributed by atoms with Gasteiger partial charge in [-0.2, -0.15) is 0 Å². The Bertz CT molecular complexity index is 829. The smallest absolute Gasteiger partial charge is 0.160 e. The molecule has 0 spiro atoms. The number of unbranched alkanes of at least 4 members (excludes halogenated alkanes) is 1. The molecule has 0 unspecified atom stereocenters. The van der Waals surface area contributed by atoms with Crippen LogP contribution in [0.2, 0.25) is 5.02 Å². The van der Waals surface area contributed by atoms with Crippen LogP contribution in [0.4, 0.5) is 4.39 Å². The van der Waals surface area contributed by atoms with Crippen molar-refractivity contribution in [3.8, 4) is 5.75 Å². The van der Waals surface area contributed by atoms with E-state index >= 15 is 0 Å². The third kappa shape index (κ3) is 6.28. The van der Waals surface area contributed by atoms with Crippen molar-refractivity contribution >= 4 is 17.4 Å². The average Bonchev–Trinajstić information content (AvgIpc) is 2.69. The molecule has 0 bridgehead atoms. The first kappa shape index (κ1) is 21.8. The molecule has 0 saturated carbocycles. The van der Waals surface area contributed by atoms with Crippen molar-refractivity contribution in [2.75, 3.05) is 19.6 Å². The van der Waals surface area contributed by atoms with Crippen molar-refractivity contribution in [2.45, 2.75) is 51.6 Å². The molecule has 0 atom stereocenters. The van der Waals surface area contributed by atoms with Gasteiger partial charge in [-0.3, -0.25) is 4.79 Å². The monoisotopic (exact) mass is 417 g/mol. The number of piperidine rings is 1. The van der Waals surface area contributed by atoms with Gasteiger partial charge in [-0.05, 0) is 94.5 Å². The van der Waals surface area contributed by atoms with Crippen molar-refractivity contribution in [1.29, 1.82) is 0 Å². The van der Waals surface area contributed by atoms with Gasteiger partial charge in [0.2, 0.25) is 0 Å². The molecule has 29 heavy (non-hydrogen) atoms. The molecule has 2 aromatic rings. The van der Waals surface area contributed by atoms with Crippen LogP contribution in [0.5, 0.6) is 5.75 Å². The highest BCUT2D eigenvalue weighted by molar-refractivity contribution is 6.30. The highest BCUT2D eigenvalue weighted by Gasteiger charge is 2.31. The Morgan fingerprint density at radius 2 is 1.83 bits per heavy atom. The number of nitrogens with zero attached hydrogens (tertiary/aromatic N) is 1. The molecule has 2 aromatic carbocycles. The van der Waals surface area contributed by atoms with Crippen molar-refractivity contribution < 1.29 is 13.9 Å². The van der Waals surface area contributed by atoms with Gasteiger partial charge in [0, 0.05) is 23.7 Å². The molecule has 0 aliphatic carbocycles. The van der Waals surface area contributed by atoms with Gasteiger partial charge >= 0.3 is 0 Å². The SMILES string of the molecule is CC(=O)c1cc(F)ccc1CCCCN1CCC(C)(Oc2ccc(Cl)cc2)CC1. The van der Waals surface area contributed by atoms with Crippen LogP contribution >= 0.6 is 11.6 Å². The van der Waals surface area contributed by atoms with Gasteiger partial charge in [-0.15, -0.1) is 0 Å². The zero-order valence-corrected chi connectivity index (χ0v) is 18.0. The highest BCUT2D eigenvalue weighted by atomic mass is 35.5. The predicted octanol–water partition coefficient (Wildman–Crippen LogP) is 5.94. The fourth-order valence-corrected chi connectivity index (χ4v) is 4.01. The number of halogens is 2. The first-order valence-electron chi connectivity index (χ1n) is 10.3. The molecule has 1 fully saturated rings. The molecule has 5 heteroatoms. The van der Waals surface area contributed by atoms with Crippen LogP contribution in [-0.4, -0.2) is 35.9 Å². The van der Waals surface area contributed by atoms with Gasteiger partial charge in [0.1, 0.15) is 17.2 Å². The number of carbonyl (C=O) groups excluding carboxylic acids is 1. The van der Waals surface area contributed by atoms with E-state index in [0.29, 0.717) is 10.6 Å². The van der Waals surface area contributed by atoms with Crippen LogP contribution in [0.1, 0.15) is 55.5 Å². The zero-order valence-electron chi connectivity index (χ0n) is 17.2. The van der Waals surface area contributed by atoms with Gasteiger partial charge in [-0.25, -0.2) is 4.39 Å². The summed E-state index contributed by atoms with van der Waals surface area (Å²) >= 11 is 5.94. The first-order chi connectivity index (χ1) is 13.8. The summed E-state index contributed by atoms with van der Waals surface area (Å²) in [6.07, 6.45) is 4.83. The number of rotatable bonds is 8. The van der Waals surface area contributed by atoms with Crippen LogP contribution in [-0.2, 0) is 6.42 Å². The molecular formula is C24H29ClFNO2. The number of aryl methyl sites for hydroxylation is 1. The van der Waals surface area contributed by atoms with E-state index in [-0.39, 0.29) is 17.2 Å². The van der Waals surface area contributed by atoms with Crippen molar-refractivity contribution in [3.63, 3.8) is 0 Å². The lowest BCUT2D eigenvalue weighted by molar-refractivity contribution is 0.0164. The molecule has 3 nitrogen and oxygen atoms in total. The molecule has 0 radical (unpaired) electrons. The predicted molar refractivity (Wildman–Crippen MR) is 116 cm³/mol. The Hall–Kier alpha value is -1.91. The Labute approximate surface area is 177 Å². The molecule has 1 saturated heterocycles. The lowest BCUT2D eigenvalue weighted by Crippen LogP contribution is -2.46. The molecule has 1 aliphatic rings. The third-order valence-corrected chi connectivity index (χ3v) is 5.97. The summed E-state index contributed by atoms with van der Waals surface area (Å²) in [6, 6.07) is 12.1. The van der Waals surface area contributed by atoms with Gasteiger partial charge in [-0.1, -0.05) is 17.7 Å². The highest BCUT2D eigenvalue weighted by Crippen LogP contribution is 2.29. The topological polar surface area (TPSA) is 29.5 Å². The maximum atomic E-state index is 13.4. The van der Waals surface area contributed by atoms with Gasteiger partial charge < -0.3 is 9.64 Å². The minimum atomic E-state index is -0.351. The summed E-state index contributed by atoms with van der Waals surface area (Å²) in [5.41, 5.74) is 1.31. The number of benzene rings is 2. The molecule has 1 heterocycles. The van der Waals surface area contributed by atoms with Crippen molar-refractivity contribution in [1.82, 2.24) is 4.90 Å². The summed E-state index contributed by atoms with van der Waals surface area (Å²) in [7, 11) is 0. The second-order valence-corrected chi connectivity index (χ2v) is 8.60. The summed E-state index contributed by atoms with van der Waals surface area (Å²) in [6.45, 7) is 6.73. The molecule has 0 aromatic heterocycles. The van der Waals surface area contributed by atoms with E-state index in [1.807, 2.05) is 24.3 Å². The second kappa shape index (κ2) is 9.73. The Morgan fingerprint density at radius 3 is 2.48 bits per heavy atom. The fraction of sp³-hybridized carbons (Fsp3) is 0.458. The summed E-state index contributed by atoms with van der Waals surface area (Å²) in [5, 5.41) is 0.716. The number of ether oxygens (including phenoxy) is 1. The number of ketones is 1. The fourth-order valence-electron chi connectivity index (χ4n) is 3.88.